The molecule has 0 aromatic carbocycles. The molecule has 1 N–H and O–H groups in total. The molecular formula is C45H84O. The van der Waals surface area contributed by atoms with Crippen LogP contribution >= 0.6 is 0 Å². The molecule has 0 heterocycles. The van der Waals surface area contributed by atoms with Crippen LogP contribution in [0.1, 0.15) is 183 Å². The summed E-state index contributed by atoms with van der Waals surface area (Å²) in [4.78, 5) is 0. The summed E-state index contributed by atoms with van der Waals surface area (Å²) < 4.78 is 0. The van der Waals surface area contributed by atoms with E-state index in [9.17, 15) is 0 Å². The van der Waals surface area contributed by atoms with E-state index < -0.39 is 0 Å². The number of aliphatic hydroxyl groups excluding tert-OH is 1. The van der Waals surface area contributed by atoms with Crippen LogP contribution in [0.2, 0.25) is 0 Å². The first-order valence-electron chi connectivity index (χ1n) is 18.6. The third kappa shape index (κ3) is 51.0. The zero-order valence-electron chi connectivity index (χ0n) is 34.9. The van der Waals surface area contributed by atoms with Crippen LogP contribution in [0.3, 0.4) is 0 Å². The molecule has 0 bridgehead atoms. The van der Waals surface area contributed by atoms with Gasteiger partial charge in [0.1, 0.15) is 5.76 Å². The molecule has 270 valence electrons. The summed E-state index contributed by atoms with van der Waals surface area (Å²) in [5, 5.41) is 8.98. The third-order valence-electron chi connectivity index (χ3n) is 6.40. The Hall–Kier alpha value is -2.64. The molecule has 0 spiro atoms. The second-order valence-corrected chi connectivity index (χ2v) is 10.4. The smallest absolute Gasteiger partial charge is 0.112 e. The van der Waals surface area contributed by atoms with Gasteiger partial charge in [-0.1, -0.05) is 169 Å². The highest BCUT2D eigenvalue weighted by Crippen LogP contribution is 2.29. The Morgan fingerprint density at radius 3 is 1.33 bits per heavy atom. The Labute approximate surface area is 293 Å². The maximum atomic E-state index is 8.98. The van der Waals surface area contributed by atoms with Gasteiger partial charge in [0.15, 0.2) is 0 Å². The molecule has 0 saturated heterocycles. The Kier molecular flexibility index (Phi) is 66.4. The number of hydrogen-bond acceptors (Lipinski definition) is 1. The standard InChI is InChI=1S/C11H16.C9H12O.C9H16.C7H14.C3H8.3C2H6/c1-5-10(4)8-9-11(6-2)7-3;1-4-8(5-2)7-9(10)6-3;1-5-7-9(4)8(3)6-2;1-6-3-4-7(2)5-6;1-3-2;3*1-2/h2,8-9H,5,7H2,1,3-4H3;1,6-7,10H,5H2,2-3H3;6-7H,5H2,1-4H3;6-7H,3-5H2,1-2H3;3H2,1-2H3;3*1-2H3/b10-8-,11-9+;8-7+,9-6+;8-6+,9-7-;;;;;/t;;;6-,7?;;;;/m...1..../s1. The first-order valence-corrected chi connectivity index (χ1v) is 18.6. The third-order valence-corrected chi connectivity index (χ3v) is 6.40. The van der Waals surface area contributed by atoms with Crippen LogP contribution in [0.4, 0.5) is 0 Å². The number of allylic oxidation sites excluding steroid dienone is 11. The van der Waals surface area contributed by atoms with Crippen molar-refractivity contribution in [1.82, 2.24) is 0 Å². The average Bonchev–Trinajstić information content (AvgIpc) is 3.49. The summed E-state index contributed by atoms with van der Waals surface area (Å²) in [5.41, 5.74) is 6.04. The van der Waals surface area contributed by atoms with Gasteiger partial charge in [-0.25, -0.2) is 0 Å². The van der Waals surface area contributed by atoms with Crippen LogP contribution < -0.4 is 0 Å². The van der Waals surface area contributed by atoms with Gasteiger partial charge < -0.3 is 5.11 Å². The monoisotopic (exact) mass is 641 g/mol. The van der Waals surface area contributed by atoms with E-state index in [1.807, 2.05) is 54.5 Å². The van der Waals surface area contributed by atoms with Gasteiger partial charge in [-0.15, -0.1) is 12.8 Å². The lowest BCUT2D eigenvalue weighted by molar-refractivity contribution is 0.430. The first-order chi connectivity index (χ1) is 21.9. The second-order valence-electron chi connectivity index (χ2n) is 10.4. The second kappa shape index (κ2) is 51.9. The lowest BCUT2D eigenvalue weighted by atomic mass is 10.1. The summed E-state index contributed by atoms with van der Waals surface area (Å²) in [7, 11) is 0. The molecule has 1 saturated carbocycles. The fourth-order valence-electron chi connectivity index (χ4n) is 3.32. The van der Waals surface area contributed by atoms with Crippen LogP contribution in [0.25, 0.3) is 0 Å². The maximum absolute atomic E-state index is 8.98. The van der Waals surface area contributed by atoms with Crippen molar-refractivity contribution < 1.29 is 5.11 Å². The predicted octanol–water partition coefficient (Wildman–Crippen LogP) is 16.0. The molecule has 1 fully saturated rings. The molecule has 0 aliphatic heterocycles. The van der Waals surface area contributed by atoms with Gasteiger partial charge in [-0.2, -0.15) is 0 Å². The normalized spacial score (nSPS) is 15.8. The van der Waals surface area contributed by atoms with Crippen molar-refractivity contribution in [2.24, 2.45) is 11.8 Å². The summed E-state index contributed by atoms with van der Waals surface area (Å²) in [6, 6.07) is 0. The van der Waals surface area contributed by atoms with Gasteiger partial charge >= 0.3 is 0 Å². The van der Waals surface area contributed by atoms with Crippen molar-refractivity contribution in [2.45, 2.75) is 183 Å². The van der Waals surface area contributed by atoms with Crippen molar-refractivity contribution in [3.63, 3.8) is 0 Å². The van der Waals surface area contributed by atoms with E-state index in [1.165, 1.54) is 42.4 Å². The zero-order chi connectivity index (χ0) is 37.9. The number of terminal acetylenes is 2. The highest BCUT2D eigenvalue weighted by molar-refractivity contribution is 5.31. The summed E-state index contributed by atoms with van der Waals surface area (Å²) in [6.07, 6.45) is 31.7. The molecule has 1 unspecified atom stereocenters. The van der Waals surface area contributed by atoms with Crippen LogP contribution in [-0.4, -0.2) is 5.11 Å². The van der Waals surface area contributed by atoms with Crippen LogP contribution in [0.15, 0.2) is 70.1 Å². The molecule has 0 radical (unpaired) electrons. The predicted molar refractivity (Wildman–Crippen MR) is 221 cm³/mol. The van der Waals surface area contributed by atoms with E-state index in [0.717, 1.165) is 48.7 Å². The number of aliphatic hydroxyl groups is 1. The fourth-order valence-corrected chi connectivity index (χ4v) is 3.32. The SMILES string of the molecule is C#C/C(=C\C(O)=C/C)CC.C#C/C(=C\C=C(\C)CC)CC.C/C=C(C)/C(C)=C\CC.CC.CC.CC.CC1CC[C@@H](C)C1.CCC. The fraction of sp³-hybridized carbons (Fsp3) is 0.644. The van der Waals surface area contributed by atoms with Gasteiger partial charge in [0.25, 0.3) is 0 Å². The Bertz CT molecular complexity index is 863. The van der Waals surface area contributed by atoms with Crippen LogP contribution in [-0.2, 0) is 0 Å². The summed E-state index contributed by atoms with van der Waals surface area (Å²) in [6.45, 7) is 39.5. The van der Waals surface area contributed by atoms with Crippen molar-refractivity contribution in [1.29, 1.82) is 0 Å². The highest BCUT2D eigenvalue weighted by atomic mass is 16.3. The minimum atomic E-state index is 0.231. The van der Waals surface area contributed by atoms with Crippen LogP contribution in [0.5, 0.6) is 0 Å². The first kappa shape index (κ1) is 58.9. The molecular weight excluding hydrogens is 556 g/mol. The van der Waals surface area contributed by atoms with Gasteiger partial charge in [-0.05, 0) is 90.7 Å². The highest BCUT2D eigenvalue weighted by Gasteiger charge is 2.15. The quantitative estimate of drug-likeness (QED) is 0.167. The lowest BCUT2D eigenvalue weighted by Gasteiger charge is -1.97. The largest absolute Gasteiger partial charge is 0.508 e. The van der Waals surface area contributed by atoms with Crippen molar-refractivity contribution in [3.05, 3.63) is 70.1 Å². The van der Waals surface area contributed by atoms with E-state index in [2.05, 4.69) is 106 Å². The Morgan fingerprint density at radius 1 is 0.674 bits per heavy atom. The Balaban J connectivity index is -0.0000000816. The maximum Gasteiger partial charge on any atom is 0.112 e. The molecule has 0 amide bonds. The van der Waals surface area contributed by atoms with Crippen molar-refractivity contribution in [3.8, 4) is 24.7 Å². The minimum absolute atomic E-state index is 0.231. The minimum Gasteiger partial charge on any atom is -0.508 e. The van der Waals surface area contributed by atoms with E-state index in [1.54, 1.807) is 19.1 Å². The molecule has 1 nitrogen and oxygen atoms in total. The average molecular weight is 641 g/mol. The molecule has 1 aliphatic rings. The topological polar surface area (TPSA) is 20.2 Å². The van der Waals surface area contributed by atoms with Gasteiger partial charge in [0.2, 0.25) is 0 Å². The number of hydrogen-bond donors (Lipinski definition) is 1. The molecule has 1 heteroatoms. The summed E-state index contributed by atoms with van der Waals surface area (Å²) >= 11 is 0. The molecule has 46 heavy (non-hydrogen) atoms. The zero-order valence-corrected chi connectivity index (χ0v) is 34.9. The molecule has 0 aromatic rings. The molecule has 2 atom stereocenters. The lowest BCUT2D eigenvalue weighted by Crippen LogP contribution is -1.84. The summed E-state index contributed by atoms with van der Waals surface area (Å²) in [5.74, 6) is 7.40. The number of rotatable bonds is 7. The van der Waals surface area contributed by atoms with Crippen LogP contribution in [0, 0.1) is 36.5 Å². The van der Waals surface area contributed by atoms with Crippen molar-refractivity contribution in [2.75, 3.05) is 0 Å². The molecule has 1 rings (SSSR count). The van der Waals surface area contributed by atoms with E-state index in [-0.39, 0.29) is 5.76 Å². The van der Waals surface area contributed by atoms with Gasteiger partial charge in [0.05, 0.1) is 0 Å². The van der Waals surface area contributed by atoms with Gasteiger partial charge in [0, 0.05) is 11.1 Å². The van der Waals surface area contributed by atoms with Gasteiger partial charge in [-0.3, -0.25) is 0 Å². The van der Waals surface area contributed by atoms with E-state index in [4.69, 9.17) is 18.0 Å². The molecule has 1 aliphatic carbocycles. The van der Waals surface area contributed by atoms with Crippen molar-refractivity contribution >= 4 is 0 Å². The van der Waals surface area contributed by atoms with E-state index in [0.29, 0.717) is 0 Å². The molecule has 0 aromatic heterocycles. The Morgan fingerprint density at radius 2 is 1.09 bits per heavy atom. The van der Waals surface area contributed by atoms with E-state index >= 15 is 0 Å².